The molecular formula is C5H11N3O2. The first-order chi connectivity index (χ1) is 4.70. The van der Waals surface area contributed by atoms with Crippen LogP contribution in [0.4, 0.5) is 4.79 Å². The van der Waals surface area contributed by atoms with Crippen LogP contribution in [0.3, 0.4) is 0 Å². The highest BCUT2D eigenvalue weighted by Gasteiger charge is 1.93. The molecule has 0 spiro atoms. The van der Waals surface area contributed by atoms with Crippen molar-refractivity contribution in [3.63, 3.8) is 0 Å². The zero-order chi connectivity index (χ0) is 7.98. The summed E-state index contributed by atoms with van der Waals surface area (Å²) in [5.41, 5.74) is 7.95. The first kappa shape index (κ1) is 8.90. The largest absolute Gasteiger partial charge is 0.452 e. The molecule has 0 aromatic carbocycles. The zero-order valence-corrected chi connectivity index (χ0v) is 6.05. The summed E-state index contributed by atoms with van der Waals surface area (Å²) in [5.74, 6) is 0. The normalized spacial score (nSPS) is 10.9. The standard InChI is InChI=1S/C5H11N3O2/c1-4(3-6)7-8-5(9)10-2/h3,6H2,1-2H3,(H,8,9)/b7-4+. The minimum absolute atomic E-state index is 0.323. The Balaban J connectivity index is 3.61. The monoisotopic (exact) mass is 145 g/mol. The molecule has 0 rings (SSSR count). The maximum Gasteiger partial charge on any atom is 0.427 e. The van der Waals surface area contributed by atoms with E-state index in [1.54, 1.807) is 6.92 Å². The highest BCUT2D eigenvalue weighted by molar-refractivity contribution is 5.84. The number of methoxy groups -OCH3 is 1. The van der Waals surface area contributed by atoms with Gasteiger partial charge in [-0.15, -0.1) is 0 Å². The number of amides is 1. The van der Waals surface area contributed by atoms with Gasteiger partial charge in [0.15, 0.2) is 0 Å². The fraction of sp³-hybridized carbons (Fsp3) is 0.600. The predicted octanol–water partition coefficient (Wildman–Crippen LogP) is -0.323. The summed E-state index contributed by atoms with van der Waals surface area (Å²) in [4.78, 5) is 10.4. The predicted molar refractivity (Wildman–Crippen MR) is 37.7 cm³/mol. The molecule has 0 heterocycles. The van der Waals surface area contributed by atoms with Crippen LogP contribution in [0.2, 0.25) is 0 Å². The van der Waals surface area contributed by atoms with E-state index in [0.29, 0.717) is 12.3 Å². The maximum absolute atomic E-state index is 10.4. The second kappa shape index (κ2) is 4.75. The van der Waals surface area contributed by atoms with E-state index >= 15 is 0 Å². The fourth-order valence-corrected chi connectivity index (χ4v) is 0.232. The SMILES string of the molecule is COC(=O)N/N=C(\C)CN. The van der Waals surface area contributed by atoms with Crippen LogP contribution in [0.15, 0.2) is 5.10 Å². The molecule has 0 saturated heterocycles. The van der Waals surface area contributed by atoms with E-state index in [1.165, 1.54) is 7.11 Å². The Hall–Kier alpha value is -1.10. The Bertz CT molecular complexity index is 144. The fourth-order valence-electron chi connectivity index (χ4n) is 0.232. The number of hydrogen-bond acceptors (Lipinski definition) is 4. The van der Waals surface area contributed by atoms with Crippen molar-refractivity contribution in [2.24, 2.45) is 10.8 Å². The number of carbonyl (C=O) groups is 1. The van der Waals surface area contributed by atoms with Crippen molar-refractivity contribution >= 4 is 11.8 Å². The lowest BCUT2D eigenvalue weighted by Crippen LogP contribution is -2.21. The number of hydrogen-bond donors (Lipinski definition) is 2. The van der Waals surface area contributed by atoms with Gasteiger partial charge in [-0.2, -0.15) is 5.10 Å². The van der Waals surface area contributed by atoms with Crippen molar-refractivity contribution in [3.05, 3.63) is 0 Å². The molecule has 0 aromatic rings. The summed E-state index contributed by atoms with van der Waals surface area (Å²) >= 11 is 0. The van der Waals surface area contributed by atoms with E-state index in [0.717, 1.165) is 0 Å². The van der Waals surface area contributed by atoms with E-state index in [2.05, 4.69) is 15.3 Å². The highest BCUT2D eigenvalue weighted by Crippen LogP contribution is 1.73. The summed E-state index contributed by atoms with van der Waals surface area (Å²) in [6.07, 6.45) is -0.590. The molecule has 58 valence electrons. The summed E-state index contributed by atoms with van der Waals surface area (Å²) in [6.45, 7) is 2.03. The molecule has 0 unspecified atom stereocenters. The zero-order valence-electron chi connectivity index (χ0n) is 6.05. The van der Waals surface area contributed by atoms with E-state index in [9.17, 15) is 4.79 Å². The van der Waals surface area contributed by atoms with Gasteiger partial charge in [0.1, 0.15) is 0 Å². The lowest BCUT2D eigenvalue weighted by Gasteiger charge is -1.97. The second-order valence-electron chi connectivity index (χ2n) is 1.65. The van der Waals surface area contributed by atoms with Crippen LogP contribution in [0.5, 0.6) is 0 Å². The molecule has 0 aromatic heterocycles. The van der Waals surface area contributed by atoms with Gasteiger partial charge < -0.3 is 10.5 Å². The average Bonchev–Trinajstić information content (AvgIpc) is 1.99. The van der Waals surface area contributed by atoms with Gasteiger partial charge in [-0.1, -0.05) is 0 Å². The van der Waals surface area contributed by atoms with Crippen LogP contribution >= 0.6 is 0 Å². The first-order valence-electron chi connectivity index (χ1n) is 2.78. The molecular weight excluding hydrogens is 134 g/mol. The van der Waals surface area contributed by atoms with Crippen LogP contribution in [0.1, 0.15) is 6.92 Å². The smallest absolute Gasteiger partial charge is 0.427 e. The topological polar surface area (TPSA) is 76.7 Å². The average molecular weight is 145 g/mol. The second-order valence-corrected chi connectivity index (χ2v) is 1.65. The van der Waals surface area contributed by atoms with Crippen molar-refractivity contribution < 1.29 is 9.53 Å². The van der Waals surface area contributed by atoms with E-state index in [1.807, 2.05) is 0 Å². The van der Waals surface area contributed by atoms with Crippen molar-refractivity contribution in [2.75, 3.05) is 13.7 Å². The molecule has 0 fully saturated rings. The van der Waals surface area contributed by atoms with Crippen molar-refractivity contribution in [1.29, 1.82) is 0 Å². The van der Waals surface area contributed by atoms with Gasteiger partial charge in [0, 0.05) is 12.3 Å². The lowest BCUT2D eigenvalue weighted by atomic mass is 10.4. The van der Waals surface area contributed by atoms with Gasteiger partial charge >= 0.3 is 6.09 Å². The van der Waals surface area contributed by atoms with Crippen molar-refractivity contribution in [1.82, 2.24) is 5.43 Å². The molecule has 10 heavy (non-hydrogen) atoms. The van der Waals surface area contributed by atoms with Gasteiger partial charge in [-0.05, 0) is 6.92 Å². The minimum atomic E-state index is -0.590. The summed E-state index contributed by atoms with van der Waals surface area (Å²) < 4.78 is 4.25. The summed E-state index contributed by atoms with van der Waals surface area (Å²) in [5, 5.41) is 3.58. The summed E-state index contributed by atoms with van der Waals surface area (Å²) in [6, 6.07) is 0. The Labute approximate surface area is 59.2 Å². The van der Waals surface area contributed by atoms with Crippen LogP contribution < -0.4 is 11.2 Å². The first-order valence-corrected chi connectivity index (χ1v) is 2.78. The molecule has 5 nitrogen and oxygen atoms in total. The van der Waals surface area contributed by atoms with Gasteiger partial charge in [-0.25, -0.2) is 10.2 Å². The highest BCUT2D eigenvalue weighted by atomic mass is 16.5. The van der Waals surface area contributed by atoms with E-state index in [4.69, 9.17) is 5.73 Å². The van der Waals surface area contributed by atoms with Gasteiger partial charge in [0.25, 0.3) is 0 Å². The number of nitrogens with zero attached hydrogens (tertiary/aromatic N) is 1. The third-order valence-electron chi connectivity index (χ3n) is 0.819. The Morgan fingerprint density at radius 2 is 2.40 bits per heavy atom. The van der Waals surface area contributed by atoms with Crippen LogP contribution in [0, 0.1) is 0 Å². The van der Waals surface area contributed by atoms with Crippen LogP contribution in [0.25, 0.3) is 0 Å². The Kier molecular flexibility index (Phi) is 4.23. The van der Waals surface area contributed by atoms with Crippen molar-refractivity contribution in [2.45, 2.75) is 6.92 Å². The van der Waals surface area contributed by atoms with Gasteiger partial charge in [0.05, 0.1) is 7.11 Å². The molecule has 0 atom stereocenters. The molecule has 0 aliphatic heterocycles. The lowest BCUT2D eigenvalue weighted by molar-refractivity contribution is 0.171. The van der Waals surface area contributed by atoms with E-state index in [-0.39, 0.29) is 0 Å². The van der Waals surface area contributed by atoms with Gasteiger partial charge in [0.2, 0.25) is 0 Å². The quantitative estimate of drug-likeness (QED) is 0.413. The summed E-state index contributed by atoms with van der Waals surface area (Å²) in [7, 11) is 1.27. The Morgan fingerprint density at radius 1 is 1.80 bits per heavy atom. The molecule has 0 saturated carbocycles. The molecule has 0 bridgehead atoms. The van der Waals surface area contributed by atoms with E-state index < -0.39 is 6.09 Å². The number of ether oxygens (including phenoxy) is 1. The molecule has 0 aliphatic carbocycles. The van der Waals surface area contributed by atoms with Crippen molar-refractivity contribution in [3.8, 4) is 0 Å². The van der Waals surface area contributed by atoms with Crippen LogP contribution in [-0.2, 0) is 4.74 Å². The molecule has 1 amide bonds. The third-order valence-corrected chi connectivity index (χ3v) is 0.819. The molecule has 3 N–H and O–H groups in total. The molecule has 0 radical (unpaired) electrons. The number of nitrogens with two attached hydrogens (primary N) is 1. The van der Waals surface area contributed by atoms with Gasteiger partial charge in [-0.3, -0.25) is 0 Å². The number of carbonyl (C=O) groups excluding carboxylic acids is 1. The number of nitrogens with one attached hydrogen (secondary N) is 1. The number of hydrazone groups is 1. The third kappa shape index (κ3) is 3.85. The van der Waals surface area contributed by atoms with Crippen LogP contribution in [-0.4, -0.2) is 25.5 Å². The Morgan fingerprint density at radius 3 is 2.80 bits per heavy atom. The molecule has 0 aliphatic rings. The number of rotatable bonds is 2. The maximum atomic E-state index is 10.4. The minimum Gasteiger partial charge on any atom is -0.452 e. The molecule has 5 heteroatoms.